The Kier molecular flexibility index (Phi) is 1.66. The number of benzene rings is 1. The van der Waals surface area contributed by atoms with Crippen molar-refractivity contribution in [3.05, 3.63) is 30.5 Å². The Hall–Kier alpha value is -1.97. The van der Waals surface area contributed by atoms with Crippen LogP contribution < -0.4 is 11.1 Å². The van der Waals surface area contributed by atoms with Crippen LogP contribution in [0.15, 0.2) is 30.5 Å². The Labute approximate surface area is 74.7 Å². The number of fused-ring (bicyclic) bond motifs is 1. The van der Waals surface area contributed by atoms with E-state index in [0.29, 0.717) is 5.69 Å². The number of amides is 2. The highest BCUT2D eigenvalue weighted by molar-refractivity contribution is 5.94. The summed E-state index contributed by atoms with van der Waals surface area (Å²) in [5, 5.41) is 4.56. The summed E-state index contributed by atoms with van der Waals surface area (Å²) in [6, 6.07) is 6.91. The SMILES string of the molecule is NC(=O)[N]c1c[nH]c2ccccc12. The molecule has 0 aliphatic heterocycles. The minimum Gasteiger partial charge on any atom is -0.359 e. The van der Waals surface area contributed by atoms with E-state index in [9.17, 15) is 4.79 Å². The molecule has 1 aromatic carbocycles. The van der Waals surface area contributed by atoms with E-state index in [-0.39, 0.29) is 0 Å². The monoisotopic (exact) mass is 174 g/mol. The average Bonchev–Trinajstić information content (AvgIpc) is 2.48. The fourth-order valence-electron chi connectivity index (χ4n) is 1.27. The molecule has 0 spiro atoms. The maximum atomic E-state index is 10.6. The highest BCUT2D eigenvalue weighted by Crippen LogP contribution is 2.21. The van der Waals surface area contributed by atoms with Gasteiger partial charge < -0.3 is 10.7 Å². The van der Waals surface area contributed by atoms with Crippen molar-refractivity contribution >= 4 is 22.6 Å². The molecule has 0 atom stereocenters. The largest absolute Gasteiger partial charge is 0.359 e. The molecule has 2 rings (SSSR count). The molecule has 65 valence electrons. The van der Waals surface area contributed by atoms with Gasteiger partial charge in [0.05, 0.1) is 5.69 Å². The summed E-state index contributed by atoms with van der Waals surface area (Å²) >= 11 is 0. The van der Waals surface area contributed by atoms with Gasteiger partial charge in [-0.3, -0.25) is 0 Å². The molecule has 13 heavy (non-hydrogen) atoms. The molecule has 1 heterocycles. The summed E-state index contributed by atoms with van der Waals surface area (Å²) in [6.45, 7) is 0. The van der Waals surface area contributed by atoms with Gasteiger partial charge in [0.15, 0.2) is 0 Å². The summed E-state index contributed by atoms with van der Waals surface area (Å²) in [6.07, 6.45) is 1.66. The smallest absolute Gasteiger partial charge is 0.338 e. The molecule has 0 aliphatic carbocycles. The Morgan fingerprint density at radius 2 is 2.15 bits per heavy atom. The van der Waals surface area contributed by atoms with E-state index in [1.165, 1.54) is 0 Å². The van der Waals surface area contributed by atoms with Crippen molar-refractivity contribution in [1.82, 2.24) is 10.3 Å². The molecular formula is C9H8N3O. The van der Waals surface area contributed by atoms with E-state index in [4.69, 9.17) is 5.73 Å². The predicted octanol–water partition coefficient (Wildman–Crippen LogP) is 1.48. The third-order valence-corrected chi connectivity index (χ3v) is 1.80. The zero-order valence-corrected chi connectivity index (χ0v) is 6.82. The summed E-state index contributed by atoms with van der Waals surface area (Å²) in [7, 11) is 0. The van der Waals surface area contributed by atoms with Gasteiger partial charge in [-0.25, -0.2) is 4.79 Å². The minimum atomic E-state index is -0.676. The summed E-state index contributed by atoms with van der Waals surface area (Å²) < 4.78 is 0. The fourth-order valence-corrected chi connectivity index (χ4v) is 1.27. The Bertz CT molecular complexity index is 447. The van der Waals surface area contributed by atoms with Gasteiger partial charge >= 0.3 is 6.03 Å². The van der Waals surface area contributed by atoms with Crippen LogP contribution in [0.25, 0.3) is 10.9 Å². The maximum absolute atomic E-state index is 10.6. The van der Waals surface area contributed by atoms with E-state index in [2.05, 4.69) is 10.3 Å². The molecule has 3 N–H and O–H groups in total. The molecule has 0 saturated heterocycles. The number of para-hydroxylation sites is 1. The number of primary amides is 1. The Morgan fingerprint density at radius 1 is 1.38 bits per heavy atom. The molecule has 2 amide bonds. The Morgan fingerprint density at radius 3 is 2.92 bits per heavy atom. The number of H-pyrrole nitrogens is 1. The van der Waals surface area contributed by atoms with Crippen LogP contribution in [0.1, 0.15) is 0 Å². The van der Waals surface area contributed by atoms with Crippen molar-refractivity contribution in [2.45, 2.75) is 0 Å². The fraction of sp³-hybridized carbons (Fsp3) is 0. The number of rotatable bonds is 1. The van der Waals surface area contributed by atoms with E-state index in [1.54, 1.807) is 6.20 Å². The van der Waals surface area contributed by atoms with E-state index >= 15 is 0 Å². The number of aromatic amines is 1. The molecule has 2 aromatic rings. The second-order valence-corrected chi connectivity index (χ2v) is 2.67. The van der Waals surface area contributed by atoms with Crippen LogP contribution in [0.4, 0.5) is 10.5 Å². The number of nitrogens with one attached hydrogen (secondary N) is 1. The van der Waals surface area contributed by atoms with Gasteiger partial charge in [-0.2, -0.15) is 5.32 Å². The van der Waals surface area contributed by atoms with Gasteiger partial charge in [-0.15, -0.1) is 0 Å². The average molecular weight is 174 g/mol. The van der Waals surface area contributed by atoms with Gasteiger partial charge in [-0.05, 0) is 6.07 Å². The first-order valence-corrected chi connectivity index (χ1v) is 3.84. The lowest BCUT2D eigenvalue weighted by Gasteiger charge is -1.93. The standard InChI is InChI=1S/C9H8N3O/c10-9(13)12-8-5-11-7-4-2-1-3-6(7)8/h1-5,11H,(H2,10,13). The molecule has 0 fully saturated rings. The van der Waals surface area contributed by atoms with Gasteiger partial charge in [-0.1, -0.05) is 18.2 Å². The third-order valence-electron chi connectivity index (χ3n) is 1.80. The van der Waals surface area contributed by atoms with Crippen molar-refractivity contribution < 1.29 is 4.79 Å². The van der Waals surface area contributed by atoms with Crippen molar-refractivity contribution in [2.75, 3.05) is 0 Å². The van der Waals surface area contributed by atoms with E-state index in [0.717, 1.165) is 10.9 Å². The van der Waals surface area contributed by atoms with Crippen LogP contribution in [0.5, 0.6) is 0 Å². The first kappa shape index (κ1) is 7.67. The third kappa shape index (κ3) is 1.33. The first-order valence-electron chi connectivity index (χ1n) is 3.84. The Balaban J connectivity index is 2.51. The maximum Gasteiger partial charge on any atom is 0.338 e. The molecule has 0 saturated carbocycles. The second-order valence-electron chi connectivity index (χ2n) is 2.67. The highest BCUT2D eigenvalue weighted by atomic mass is 16.2. The number of aromatic nitrogens is 1. The molecule has 4 heteroatoms. The van der Waals surface area contributed by atoms with Gasteiger partial charge in [0.2, 0.25) is 0 Å². The van der Waals surface area contributed by atoms with Crippen molar-refractivity contribution in [1.29, 1.82) is 0 Å². The second kappa shape index (κ2) is 2.82. The molecule has 0 aliphatic rings. The zero-order valence-electron chi connectivity index (χ0n) is 6.82. The lowest BCUT2D eigenvalue weighted by molar-refractivity contribution is 0.252. The van der Waals surface area contributed by atoms with Crippen molar-refractivity contribution in [3.8, 4) is 0 Å². The summed E-state index contributed by atoms with van der Waals surface area (Å²) in [5.41, 5.74) is 6.49. The number of carbonyl (C=O) groups excluding carboxylic acids is 1. The van der Waals surface area contributed by atoms with Crippen molar-refractivity contribution in [2.24, 2.45) is 5.73 Å². The van der Waals surface area contributed by atoms with E-state index in [1.807, 2.05) is 24.3 Å². The lowest BCUT2D eigenvalue weighted by atomic mass is 10.2. The lowest BCUT2D eigenvalue weighted by Crippen LogP contribution is -2.17. The summed E-state index contributed by atoms with van der Waals surface area (Å²) in [5.74, 6) is 0. The highest BCUT2D eigenvalue weighted by Gasteiger charge is 2.05. The number of urea groups is 1. The molecular weight excluding hydrogens is 166 g/mol. The van der Waals surface area contributed by atoms with Crippen LogP contribution >= 0.6 is 0 Å². The van der Waals surface area contributed by atoms with Gasteiger partial charge in [0.1, 0.15) is 0 Å². The van der Waals surface area contributed by atoms with Gasteiger partial charge in [0.25, 0.3) is 0 Å². The molecule has 1 aromatic heterocycles. The predicted molar refractivity (Wildman–Crippen MR) is 49.7 cm³/mol. The molecule has 0 bridgehead atoms. The molecule has 0 unspecified atom stereocenters. The van der Waals surface area contributed by atoms with Crippen LogP contribution in [0.2, 0.25) is 0 Å². The normalized spacial score (nSPS) is 10.2. The topological polar surface area (TPSA) is 73.0 Å². The zero-order chi connectivity index (χ0) is 9.26. The number of hydrogen-bond donors (Lipinski definition) is 2. The quantitative estimate of drug-likeness (QED) is 0.675. The first-order chi connectivity index (χ1) is 6.27. The number of hydrogen-bond acceptors (Lipinski definition) is 1. The van der Waals surface area contributed by atoms with Crippen LogP contribution in [-0.4, -0.2) is 11.0 Å². The minimum absolute atomic E-state index is 0.586. The number of nitrogens with two attached hydrogens (primary N) is 1. The van der Waals surface area contributed by atoms with Crippen LogP contribution in [-0.2, 0) is 0 Å². The van der Waals surface area contributed by atoms with Gasteiger partial charge in [0, 0.05) is 17.1 Å². The molecule has 4 nitrogen and oxygen atoms in total. The van der Waals surface area contributed by atoms with Crippen molar-refractivity contribution in [3.63, 3.8) is 0 Å². The number of nitrogens with zero attached hydrogens (tertiary/aromatic N) is 1. The van der Waals surface area contributed by atoms with E-state index < -0.39 is 6.03 Å². The van der Waals surface area contributed by atoms with Crippen LogP contribution in [0.3, 0.4) is 0 Å². The van der Waals surface area contributed by atoms with Crippen LogP contribution in [0, 0.1) is 0 Å². The summed E-state index contributed by atoms with van der Waals surface area (Å²) in [4.78, 5) is 13.5. The molecule has 1 radical (unpaired) electrons. The number of carbonyl (C=O) groups is 1.